The van der Waals surface area contributed by atoms with E-state index in [0.29, 0.717) is 19.3 Å². The van der Waals surface area contributed by atoms with Gasteiger partial charge < -0.3 is 23.8 Å². The molecule has 0 amide bonds. The normalized spacial score (nSPS) is 12.9. The zero-order valence-electron chi connectivity index (χ0n) is 39.0. The Labute approximate surface area is 359 Å². The molecule has 0 spiro atoms. The minimum absolute atomic E-state index is 0.0462. The van der Waals surface area contributed by atoms with Crippen LogP contribution < -0.4 is 0 Å². The number of nitrogens with zero attached hydrogens (tertiary/aromatic N) is 1. The summed E-state index contributed by atoms with van der Waals surface area (Å²) in [7, 11) is 5.54. The van der Waals surface area contributed by atoms with Gasteiger partial charge in [0, 0.05) is 19.3 Å². The molecule has 0 rings (SSSR count). The number of hydrogen-bond acceptors (Lipinski definition) is 6. The summed E-state index contributed by atoms with van der Waals surface area (Å²) >= 11 is 0. The highest BCUT2D eigenvalue weighted by molar-refractivity contribution is 5.72. The van der Waals surface area contributed by atoms with E-state index in [1.54, 1.807) is 0 Å². The van der Waals surface area contributed by atoms with Gasteiger partial charge in [-0.05, 0) is 38.5 Å². The molecule has 2 atom stereocenters. The maximum Gasteiger partial charge on any atom is 0.362 e. The number of likely N-dealkylation sites (N-methyl/N-ethyl adjacent to an activating group) is 1. The minimum Gasteiger partial charge on any atom is -0.477 e. The van der Waals surface area contributed by atoms with Crippen LogP contribution in [0.3, 0.4) is 0 Å². The van der Waals surface area contributed by atoms with Crippen LogP contribution in [0.15, 0.2) is 12.2 Å². The number of ether oxygens (including phenoxy) is 3. The highest BCUT2D eigenvalue weighted by atomic mass is 16.6. The Morgan fingerprint density at radius 3 is 1.26 bits per heavy atom. The number of allylic oxidation sites excluding steroid dienone is 2. The first-order chi connectivity index (χ1) is 28.1. The molecule has 8 heteroatoms. The molecule has 1 N–H and O–H groups in total. The van der Waals surface area contributed by atoms with Crippen LogP contribution in [0.5, 0.6) is 0 Å². The Hall–Kier alpha value is -1.93. The van der Waals surface area contributed by atoms with E-state index in [4.69, 9.17) is 14.2 Å². The van der Waals surface area contributed by atoms with Crippen molar-refractivity contribution in [3.8, 4) is 0 Å². The van der Waals surface area contributed by atoms with E-state index in [9.17, 15) is 19.5 Å². The predicted octanol–water partition coefficient (Wildman–Crippen LogP) is 13.9. The molecule has 0 aromatic rings. The first-order valence-corrected chi connectivity index (χ1v) is 24.7. The number of rotatable bonds is 45. The second-order valence-corrected chi connectivity index (χ2v) is 18.1. The summed E-state index contributed by atoms with van der Waals surface area (Å²) in [6.07, 6.45) is 45.4. The molecule has 8 nitrogen and oxygen atoms in total. The summed E-state index contributed by atoms with van der Waals surface area (Å²) in [5.41, 5.74) is 0. The molecule has 0 heterocycles. The highest BCUT2D eigenvalue weighted by Crippen LogP contribution is 2.16. The summed E-state index contributed by atoms with van der Waals surface area (Å²) in [5.74, 6) is -1.45. The number of aliphatic carboxylic acids is 1. The van der Waals surface area contributed by atoms with Gasteiger partial charge in [0.1, 0.15) is 6.61 Å². The fourth-order valence-electron chi connectivity index (χ4n) is 7.56. The molecular weight excluding hydrogens is 727 g/mol. The van der Waals surface area contributed by atoms with Crippen molar-refractivity contribution in [3.05, 3.63) is 12.2 Å². The van der Waals surface area contributed by atoms with E-state index in [-0.39, 0.29) is 36.2 Å². The van der Waals surface area contributed by atoms with Gasteiger partial charge in [0.05, 0.1) is 34.4 Å². The lowest BCUT2D eigenvalue weighted by molar-refractivity contribution is -0.887. The van der Waals surface area contributed by atoms with Gasteiger partial charge in [-0.2, -0.15) is 0 Å². The number of carboxylic acids is 1. The average molecular weight is 823 g/mol. The van der Waals surface area contributed by atoms with Crippen molar-refractivity contribution in [3.63, 3.8) is 0 Å². The SMILES string of the molecule is CCCCCC/C=C/CCCCCCCCCC(=O)OC(COCCC(C(=O)O)[N+](C)(C)C)COC(=O)CCCCCCCCCCCCCCCCCCCCC. The third kappa shape index (κ3) is 39.5. The monoisotopic (exact) mass is 823 g/mol. The standard InChI is InChI=1S/C50H95NO7/c1-6-8-10-12-14-16-18-20-22-23-24-25-27-28-30-32-34-36-38-40-48(52)57-45-46(44-56-43-42-47(50(54)55)51(3,4)5)58-49(53)41-39-37-35-33-31-29-26-21-19-17-15-13-11-9-7-2/h17,19,46-47H,6-16,18,20-45H2,1-5H3/p+1/b19-17+. The molecule has 0 saturated carbocycles. The Morgan fingerprint density at radius 2 is 0.862 bits per heavy atom. The summed E-state index contributed by atoms with van der Waals surface area (Å²) in [5, 5.41) is 9.64. The lowest BCUT2D eigenvalue weighted by atomic mass is 10.0. The lowest BCUT2D eigenvalue weighted by Crippen LogP contribution is -2.50. The van der Waals surface area contributed by atoms with Crippen LogP contribution >= 0.6 is 0 Å². The molecule has 2 unspecified atom stereocenters. The molecule has 0 fully saturated rings. The second kappa shape index (κ2) is 41.8. The first-order valence-electron chi connectivity index (χ1n) is 24.7. The average Bonchev–Trinajstić information content (AvgIpc) is 3.18. The maximum absolute atomic E-state index is 12.7. The van der Waals surface area contributed by atoms with Gasteiger partial charge in [-0.3, -0.25) is 9.59 Å². The van der Waals surface area contributed by atoms with Gasteiger partial charge in [0.25, 0.3) is 0 Å². The Kier molecular flexibility index (Phi) is 40.4. The van der Waals surface area contributed by atoms with Gasteiger partial charge in [0.15, 0.2) is 12.1 Å². The van der Waals surface area contributed by atoms with Gasteiger partial charge in [-0.25, -0.2) is 4.79 Å². The fraction of sp³-hybridized carbons (Fsp3) is 0.900. The van der Waals surface area contributed by atoms with E-state index in [0.717, 1.165) is 38.5 Å². The Morgan fingerprint density at radius 1 is 0.500 bits per heavy atom. The lowest BCUT2D eigenvalue weighted by Gasteiger charge is -2.31. The molecule has 0 aliphatic heterocycles. The molecule has 0 saturated heterocycles. The van der Waals surface area contributed by atoms with Crippen LogP contribution in [0.1, 0.15) is 239 Å². The van der Waals surface area contributed by atoms with Crippen molar-refractivity contribution in [1.29, 1.82) is 0 Å². The third-order valence-corrected chi connectivity index (χ3v) is 11.4. The van der Waals surface area contributed by atoms with Crippen LogP contribution in [0, 0.1) is 0 Å². The van der Waals surface area contributed by atoms with Gasteiger partial charge in [-0.15, -0.1) is 0 Å². The topological polar surface area (TPSA) is 99.1 Å². The molecule has 0 aromatic heterocycles. The van der Waals surface area contributed by atoms with Crippen LogP contribution in [0.4, 0.5) is 0 Å². The molecule has 0 radical (unpaired) electrons. The molecule has 0 aliphatic carbocycles. The summed E-state index contributed by atoms with van der Waals surface area (Å²) in [4.78, 5) is 37.1. The van der Waals surface area contributed by atoms with Crippen LogP contribution in [0.25, 0.3) is 0 Å². The summed E-state index contributed by atoms with van der Waals surface area (Å²) in [6, 6.07) is -0.611. The quantitative estimate of drug-likeness (QED) is 0.0283. The third-order valence-electron chi connectivity index (χ3n) is 11.4. The van der Waals surface area contributed by atoms with Crippen molar-refractivity contribution in [2.45, 2.75) is 251 Å². The number of unbranched alkanes of at least 4 members (excludes halogenated alkanes) is 29. The summed E-state index contributed by atoms with van der Waals surface area (Å²) < 4.78 is 17.3. The van der Waals surface area contributed by atoms with E-state index in [2.05, 4.69) is 26.0 Å². The number of carboxylic acid groups (broad SMARTS) is 1. The van der Waals surface area contributed by atoms with Crippen molar-refractivity contribution in [2.24, 2.45) is 0 Å². The van der Waals surface area contributed by atoms with Crippen LogP contribution in [-0.2, 0) is 28.6 Å². The number of hydrogen-bond donors (Lipinski definition) is 1. The number of carbonyl (C=O) groups excluding carboxylic acids is 2. The number of esters is 2. The predicted molar refractivity (Wildman–Crippen MR) is 243 cm³/mol. The van der Waals surface area contributed by atoms with E-state index >= 15 is 0 Å². The Bertz CT molecular complexity index is 962. The fourth-order valence-corrected chi connectivity index (χ4v) is 7.56. The second-order valence-electron chi connectivity index (χ2n) is 18.1. The van der Waals surface area contributed by atoms with Crippen molar-refractivity contribution in [2.75, 3.05) is 41.0 Å². The van der Waals surface area contributed by atoms with E-state index in [1.165, 1.54) is 167 Å². The number of quaternary nitrogens is 1. The molecule has 0 aliphatic rings. The van der Waals surface area contributed by atoms with Crippen molar-refractivity contribution >= 4 is 17.9 Å². The van der Waals surface area contributed by atoms with E-state index < -0.39 is 18.1 Å². The Balaban J connectivity index is 4.22. The summed E-state index contributed by atoms with van der Waals surface area (Å²) in [6.45, 7) is 4.76. The number of carbonyl (C=O) groups is 3. The van der Waals surface area contributed by atoms with Crippen LogP contribution in [-0.4, -0.2) is 80.6 Å². The molecule has 342 valence electrons. The minimum atomic E-state index is -0.872. The van der Waals surface area contributed by atoms with Gasteiger partial charge in [0.2, 0.25) is 0 Å². The van der Waals surface area contributed by atoms with Crippen molar-refractivity contribution < 1.29 is 38.2 Å². The van der Waals surface area contributed by atoms with Crippen molar-refractivity contribution in [1.82, 2.24) is 0 Å². The van der Waals surface area contributed by atoms with E-state index in [1.807, 2.05) is 21.1 Å². The first kappa shape index (κ1) is 56.1. The molecule has 0 bridgehead atoms. The molecule has 58 heavy (non-hydrogen) atoms. The van der Waals surface area contributed by atoms with Gasteiger partial charge in [-0.1, -0.05) is 193 Å². The van der Waals surface area contributed by atoms with Gasteiger partial charge >= 0.3 is 17.9 Å². The zero-order chi connectivity index (χ0) is 42.8. The maximum atomic E-state index is 12.7. The highest BCUT2D eigenvalue weighted by Gasteiger charge is 2.31. The largest absolute Gasteiger partial charge is 0.477 e. The zero-order valence-corrected chi connectivity index (χ0v) is 39.0. The molecular formula is C50H96NO7+. The van der Waals surface area contributed by atoms with Crippen LogP contribution in [0.2, 0.25) is 0 Å². The smallest absolute Gasteiger partial charge is 0.362 e. The molecule has 0 aromatic carbocycles.